The second kappa shape index (κ2) is 8.08. The number of aliphatic hydroxyl groups is 1. The lowest BCUT2D eigenvalue weighted by Crippen LogP contribution is -2.34. The average Bonchev–Trinajstić information content (AvgIpc) is 2.35. The maximum absolute atomic E-state index is 9.34. The Bertz CT molecular complexity index is 166. The molecule has 16 heavy (non-hydrogen) atoms. The molecule has 1 rings (SSSR count). The minimum atomic E-state index is 0.320. The molecule has 1 unspecified atom stereocenters. The summed E-state index contributed by atoms with van der Waals surface area (Å²) in [5, 5.41) is 9.34. The third-order valence-corrected chi connectivity index (χ3v) is 4.08. The van der Waals surface area contributed by atoms with Gasteiger partial charge in [-0.15, -0.1) is 0 Å². The zero-order valence-electron chi connectivity index (χ0n) is 10.8. The first-order valence-corrected chi connectivity index (χ1v) is 7.14. The zero-order valence-corrected chi connectivity index (χ0v) is 10.8. The van der Waals surface area contributed by atoms with Crippen molar-refractivity contribution in [3.8, 4) is 0 Å². The van der Waals surface area contributed by atoms with E-state index in [1.54, 1.807) is 0 Å². The predicted molar refractivity (Wildman–Crippen MR) is 69.3 cm³/mol. The van der Waals surface area contributed by atoms with Crippen molar-refractivity contribution >= 4 is 0 Å². The SMILES string of the molecule is CCCC[C@H](CO)CC(N)C1CCCCC1. The molecular weight excluding hydrogens is 198 g/mol. The van der Waals surface area contributed by atoms with Gasteiger partial charge in [0.1, 0.15) is 0 Å². The molecule has 3 N–H and O–H groups in total. The Morgan fingerprint density at radius 3 is 2.50 bits per heavy atom. The molecule has 0 aromatic carbocycles. The molecule has 0 heterocycles. The topological polar surface area (TPSA) is 46.2 Å². The first-order chi connectivity index (χ1) is 7.77. The Morgan fingerprint density at radius 1 is 1.25 bits per heavy atom. The highest BCUT2D eigenvalue weighted by Gasteiger charge is 2.22. The van der Waals surface area contributed by atoms with Crippen LogP contribution in [0.5, 0.6) is 0 Å². The number of hydrogen-bond acceptors (Lipinski definition) is 2. The smallest absolute Gasteiger partial charge is 0.0459 e. The zero-order chi connectivity index (χ0) is 11.8. The van der Waals surface area contributed by atoms with Crippen molar-refractivity contribution in [2.45, 2.75) is 70.8 Å². The average molecular weight is 227 g/mol. The summed E-state index contributed by atoms with van der Waals surface area (Å²) in [5.74, 6) is 1.17. The van der Waals surface area contributed by atoms with Crippen LogP contribution in [0.3, 0.4) is 0 Å². The molecule has 0 aromatic heterocycles. The van der Waals surface area contributed by atoms with Crippen LogP contribution in [0.4, 0.5) is 0 Å². The van der Waals surface area contributed by atoms with E-state index in [-0.39, 0.29) is 0 Å². The van der Waals surface area contributed by atoms with E-state index in [1.165, 1.54) is 44.9 Å². The van der Waals surface area contributed by atoms with Crippen LogP contribution in [0.15, 0.2) is 0 Å². The Kier molecular flexibility index (Phi) is 7.06. The number of nitrogens with two attached hydrogens (primary N) is 1. The van der Waals surface area contributed by atoms with Gasteiger partial charge in [-0.05, 0) is 37.5 Å². The third kappa shape index (κ3) is 4.84. The molecule has 96 valence electrons. The molecule has 2 nitrogen and oxygen atoms in total. The standard InChI is InChI=1S/C14H29NO/c1-2-3-7-12(11-16)10-14(15)13-8-5-4-6-9-13/h12-14,16H,2-11,15H2,1H3/t12-,14?/m0/s1. The van der Waals surface area contributed by atoms with Crippen molar-refractivity contribution in [3.63, 3.8) is 0 Å². The van der Waals surface area contributed by atoms with E-state index in [1.807, 2.05) is 0 Å². The maximum Gasteiger partial charge on any atom is 0.0459 e. The van der Waals surface area contributed by atoms with Gasteiger partial charge in [-0.3, -0.25) is 0 Å². The minimum absolute atomic E-state index is 0.320. The first kappa shape index (κ1) is 14.0. The molecule has 1 aliphatic rings. The Morgan fingerprint density at radius 2 is 1.94 bits per heavy atom. The van der Waals surface area contributed by atoms with E-state index < -0.39 is 0 Å². The Hall–Kier alpha value is -0.0800. The quantitative estimate of drug-likeness (QED) is 0.702. The van der Waals surface area contributed by atoms with Crippen LogP contribution < -0.4 is 5.73 Å². The molecule has 0 radical (unpaired) electrons. The van der Waals surface area contributed by atoms with Gasteiger partial charge in [-0.1, -0.05) is 39.0 Å². The Labute approximate surface area is 101 Å². The Balaban J connectivity index is 2.26. The number of aliphatic hydroxyl groups excluding tert-OH is 1. The van der Waals surface area contributed by atoms with Gasteiger partial charge in [0.25, 0.3) is 0 Å². The summed E-state index contributed by atoms with van der Waals surface area (Å²) in [6.45, 7) is 2.52. The highest BCUT2D eigenvalue weighted by atomic mass is 16.3. The fraction of sp³-hybridized carbons (Fsp3) is 1.00. The van der Waals surface area contributed by atoms with Crippen LogP contribution in [-0.4, -0.2) is 17.8 Å². The molecule has 0 amide bonds. The fourth-order valence-electron chi connectivity index (χ4n) is 2.92. The minimum Gasteiger partial charge on any atom is -0.396 e. The van der Waals surface area contributed by atoms with Crippen LogP contribution in [0.25, 0.3) is 0 Å². The number of hydrogen-bond donors (Lipinski definition) is 2. The van der Waals surface area contributed by atoms with Crippen LogP contribution in [-0.2, 0) is 0 Å². The molecule has 0 bridgehead atoms. The lowest BCUT2D eigenvalue weighted by atomic mass is 9.80. The van der Waals surface area contributed by atoms with Crippen LogP contribution >= 0.6 is 0 Å². The van der Waals surface area contributed by atoms with Gasteiger partial charge < -0.3 is 10.8 Å². The van der Waals surface area contributed by atoms with E-state index in [0.717, 1.165) is 18.8 Å². The van der Waals surface area contributed by atoms with E-state index in [9.17, 15) is 5.11 Å². The van der Waals surface area contributed by atoms with E-state index in [2.05, 4.69) is 6.92 Å². The lowest BCUT2D eigenvalue weighted by molar-refractivity contribution is 0.181. The number of unbranched alkanes of at least 4 members (excludes halogenated alkanes) is 1. The predicted octanol–water partition coefficient (Wildman–Crippen LogP) is 3.08. The van der Waals surface area contributed by atoms with E-state index >= 15 is 0 Å². The lowest BCUT2D eigenvalue weighted by Gasteiger charge is -2.29. The molecule has 0 aromatic rings. The molecule has 0 spiro atoms. The highest BCUT2D eigenvalue weighted by molar-refractivity contribution is 4.78. The third-order valence-electron chi connectivity index (χ3n) is 4.08. The molecule has 1 aliphatic carbocycles. The molecule has 1 fully saturated rings. The van der Waals surface area contributed by atoms with Gasteiger partial charge in [-0.2, -0.15) is 0 Å². The van der Waals surface area contributed by atoms with Gasteiger partial charge in [0.2, 0.25) is 0 Å². The summed E-state index contributed by atoms with van der Waals surface area (Å²) in [5.41, 5.74) is 6.29. The van der Waals surface area contributed by atoms with Gasteiger partial charge in [-0.25, -0.2) is 0 Å². The van der Waals surface area contributed by atoms with Gasteiger partial charge in [0.15, 0.2) is 0 Å². The first-order valence-electron chi connectivity index (χ1n) is 7.14. The number of rotatable bonds is 7. The van der Waals surface area contributed by atoms with Crippen molar-refractivity contribution in [3.05, 3.63) is 0 Å². The summed E-state index contributed by atoms with van der Waals surface area (Å²) in [4.78, 5) is 0. The molecule has 2 atom stereocenters. The van der Waals surface area contributed by atoms with Crippen molar-refractivity contribution in [2.75, 3.05) is 6.61 Å². The molecular formula is C14H29NO. The van der Waals surface area contributed by atoms with E-state index in [0.29, 0.717) is 18.6 Å². The summed E-state index contributed by atoms with van der Waals surface area (Å²) >= 11 is 0. The van der Waals surface area contributed by atoms with Crippen LogP contribution in [0, 0.1) is 11.8 Å². The highest BCUT2D eigenvalue weighted by Crippen LogP contribution is 2.28. The summed E-state index contributed by atoms with van der Waals surface area (Å²) in [7, 11) is 0. The molecule has 0 saturated heterocycles. The van der Waals surface area contributed by atoms with Crippen molar-refractivity contribution in [1.29, 1.82) is 0 Å². The molecule has 2 heteroatoms. The monoisotopic (exact) mass is 227 g/mol. The summed E-state index contributed by atoms with van der Waals surface area (Å²) in [6.07, 6.45) is 11.4. The molecule has 0 aliphatic heterocycles. The summed E-state index contributed by atoms with van der Waals surface area (Å²) < 4.78 is 0. The van der Waals surface area contributed by atoms with Gasteiger partial charge >= 0.3 is 0 Å². The summed E-state index contributed by atoms with van der Waals surface area (Å²) in [6, 6.07) is 0.328. The van der Waals surface area contributed by atoms with Crippen molar-refractivity contribution in [1.82, 2.24) is 0 Å². The van der Waals surface area contributed by atoms with Crippen LogP contribution in [0.2, 0.25) is 0 Å². The van der Waals surface area contributed by atoms with Crippen molar-refractivity contribution < 1.29 is 5.11 Å². The normalized spacial score (nSPS) is 21.9. The second-order valence-electron chi connectivity index (χ2n) is 5.49. The second-order valence-corrected chi connectivity index (χ2v) is 5.49. The maximum atomic E-state index is 9.34. The largest absolute Gasteiger partial charge is 0.396 e. The van der Waals surface area contributed by atoms with Gasteiger partial charge in [0.05, 0.1) is 0 Å². The molecule has 1 saturated carbocycles. The van der Waals surface area contributed by atoms with E-state index in [4.69, 9.17) is 5.73 Å². The van der Waals surface area contributed by atoms with Gasteiger partial charge in [0, 0.05) is 12.6 Å². The van der Waals surface area contributed by atoms with Crippen molar-refractivity contribution in [2.24, 2.45) is 17.6 Å². The van der Waals surface area contributed by atoms with Crippen LogP contribution in [0.1, 0.15) is 64.7 Å². The fourth-order valence-corrected chi connectivity index (χ4v) is 2.92.